The van der Waals surface area contributed by atoms with Gasteiger partial charge < -0.3 is 15.8 Å². The summed E-state index contributed by atoms with van der Waals surface area (Å²) in [5.41, 5.74) is 8.74. The predicted molar refractivity (Wildman–Crippen MR) is 72.9 cm³/mol. The molecule has 4 heteroatoms. The van der Waals surface area contributed by atoms with Crippen molar-refractivity contribution in [2.45, 2.75) is 26.9 Å². The van der Waals surface area contributed by atoms with Gasteiger partial charge in [0.15, 0.2) is 0 Å². The minimum Gasteiger partial charge on any atom is -0.398 e. The van der Waals surface area contributed by atoms with Crippen molar-refractivity contribution in [3.05, 3.63) is 22.2 Å². The summed E-state index contributed by atoms with van der Waals surface area (Å²) >= 11 is 3.48. The van der Waals surface area contributed by atoms with Crippen LogP contribution in [0.3, 0.4) is 0 Å². The Kier molecular flexibility index (Phi) is 5.09. The van der Waals surface area contributed by atoms with Crippen molar-refractivity contribution in [2.24, 2.45) is 0 Å². The summed E-state index contributed by atoms with van der Waals surface area (Å²) in [6, 6.07) is 3.95. The standard InChI is InChI=1S/C12H19BrN2O/c1-8(2)16-5-4-15-12-6-9(3)11(14)7-10(12)13/h6-8,15H,4-5,14H2,1-3H3. The van der Waals surface area contributed by atoms with Crippen LogP contribution < -0.4 is 11.1 Å². The molecule has 0 atom stereocenters. The largest absolute Gasteiger partial charge is 0.398 e. The van der Waals surface area contributed by atoms with E-state index in [0.29, 0.717) is 6.61 Å². The highest BCUT2D eigenvalue weighted by Gasteiger charge is 2.03. The molecular formula is C12H19BrN2O. The maximum atomic E-state index is 5.80. The van der Waals surface area contributed by atoms with E-state index in [1.54, 1.807) is 0 Å². The van der Waals surface area contributed by atoms with Gasteiger partial charge in [-0.1, -0.05) is 0 Å². The summed E-state index contributed by atoms with van der Waals surface area (Å²) in [6.45, 7) is 7.55. The van der Waals surface area contributed by atoms with Gasteiger partial charge in [-0.3, -0.25) is 0 Å². The van der Waals surface area contributed by atoms with Gasteiger partial charge in [0.25, 0.3) is 0 Å². The van der Waals surface area contributed by atoms with Gasteiger partial charge in [-0.2, -0.15) is 0 Å². The lowest BCUT2D eigenvalue weighted by Crippen LogP contribution is -2.13. The van der Waals surface area contributed by atoms with Crippen molar-refractivity contribution in [3.8, 4) is 0 Å². The quantitative estimate of drug-likeness (QED) is 0.646. The van der Waals surface area contributed by atoms with Crippen molar-refractivity contribution >= 4 is 27.3 Å². The van der Waals surface area contributed by atoms with Crippen LogP contribution in [0, 0.1) is 6.92 Å². The number of aryl methyl sites for hydroxylation is 1. The molecule has 3 nitrogen and oxygen atoms in total. The lowest BCUT2D eigenvalue weighted by molar-refractivity contribution is 0.0870. The van der Waals surface area contributed by atoms with E-state index in [9.17, 15) is 0 Å². The van der Waals surface area contributed by atoms with Gasteiger partial charge >= 0.3 is 0 Å². The van der Waals surface area contributed by atoms with E-state index < -0.39 is 0 Å². The van der Waals surface area contributed by atoms with Gasteiger partial charge in [-0.15, -0.1) is 0 Å². The van der Waals surface area contributed by atoms with E-state index in [4.69, 9.17) is 10.5 Å². The number of hydrogen-bond acceptors (Lipinski definition) is 3. The van der Waals surface area contributed by atoms with Crippen LogP contribution in [0.2, 0.25) is 0 Å². The minimum absolute atomic E-state index is 0.276. The second kappa shape index (κ2) is 6.11. The topological polar surface area (TPSA) is 47.3 Å². The lowest BCUT2D eigenvalue weighted by atomic mass is 10.2. The molecule has 0 aliphatic rings. The Bertz CT molecular complexity index is 353. The highest BCUT2D eigenvalue weighted by atomic mass is 79.9. The number of halogens is 1. The first-order valence-electron chi connectivity index (χ1n) is 5.41. The van der Waals surface area contributed by atoms with Crippen LogP contribution in [-0.2, 0) is 4.74 Å². The minimum atomic E-state index is 0.276. The van der Waals surface area contributed by atoms with Gasteiger partial charge in [-0.05, 0) is 54.4 Å². The second-order valence-electron chi connectivity index (χ2n) is 4.03. The predicted octanol–water partition coefficient (Wildman–Crippen LogP) is 3.18. The van der Waals surface area contributed by atoms with Crippen molar-refractivity contribution in [1.82, 2.24) is 0 Å². The molecule has 1 aromatic rings. The van der Waals surface area contributed by atoms with Crippen LogP contribution in [0.5, 0.6) is 0 Å². The van der Waals surface area contributed by atoms with Gasteiger partial charge in [-0.25, -0.2) is 0 Å². The third kappa shape index (κ3) is 4.02. The Morgan fingerprint density at radius 3 is 2.75 bits per heavy atom. The molecule has 0 bridgehead atoms. The van der Waals surface area contributed by atoms with Crippen LogP contribution in [0.25, 0.3) is 0 Å². The first-order valence-corrected chi connectivity index (χ1v) is 6.21. The van der Waals surface area contributed by atoms with Crippen LogP contribution in [0.4, 0.5) is 11.4 Å². The van der Waals surface area contributed by atoms with Crippen molar-refractivity contribution in [2.75, 3.05) is 24.2 Å². The number of ether oxygens (including phenoxy) is 1. The molecule has 0 spiro atoms. The van der Waals surface area contributed by atoms with Gasteiger partial charge in [0.1, 0.15) is 0 Å². The highest BCUT2D eigenvalue weighted by molar-refractivity contribution is 9.10. The van der Waals surface area contributed by atoms with Crippen molar-refractivity contribution in [1.29, 1.82) is 0 Å². The molecule has 0 amide bonds. The van der Waals surface area contributed by atoms with Crippen LogP contribution in [0.15, 0.2) is 16.6 Å². The molecule has 90 valence electrons. The van der Waals surface area contributed by atoms with Gasteiger partial charge in [0.05, 0.1) is 12.7 Å². The van der Waals surface area contributed by atoms with E-state index >= 15 is 0 Å². The van der Waals surface area contributed by atoms with E-state index in [1.165, 1.54) is 0 Å². The lowest BCUT2D eigenvalue weighted by Gasteiger charge is -2.12. The fourth-order valence-corrected chi connectivity index (χ4v) is 1.81. The Hall–Kier alpha value is -0.740. The molecule has 0 aliphatic heterocycles. The normalized spacial score (nSPS) is 10.8. The molecule has 0 fully saturated rings. The number of rotatable bonds is 5. The number of nitrogen functional groups attached to an aromatic ring is 1. The Morgan fingerprint density at radius 2 is 2.12 bits per heavy atom. The van der Waals surface area contributed by atoms with Gasteiger partial charge in [0, 0.05) is 22.4 Å². The number of nitrogens with two attached hydrogens (primary N) is 1. The van der Waals surface area contributed by atoms with Crippen LogP contribution in [-0.4, -0.2) is 19.3 Å². The molecule has 16 heavy (non-hydrogen) atoms. The zero-order valence-electron chi connectivity index (χ0n) is 10.0. The average molecular weight is 287 g/mol. The molecule has 0 unspecified atom stereocenters. The molecule has 0 aliphatic carbocycles. The van der Waals surface area contributed by atoms with Crippen LogP contribution in [0.1, 0.15) is 19.4 Å². The van der Waals surface area contributed by atoms with Crippen LogP contribution >= 0.6 is 15.9 Å². The highest BCUT2D eigenvalue weighted by Crippen LogP contribution is 2.27. The van der Waals surface area contributed by atoms with E-state index in [0.717, 1.165) is 28.0 Å². The summed E-state index contributed by atoms with van der Waals surface area (Å²) < 4.78 is 6.44. The maximum absolute atomic E-state index is 5.80. The Labute approximate surface area is 105 Å². The van der Waals surface area contributed by atoms with E-state index in [-0.39, 0.29) is 6.10 Å². The fraction of sp³-hybridized carbons (Fsp3) is 0.500. The number of hydrogen-bond donors (Lipinski definition) is 2. The molecule has 0 radical (unpaired) electrons. The molecule has 1 rings (SSSR count). The molecular weight excluding hydrogens is 268 g/mol. The summed E-state index contributed by atoms with van der Waals surface area (Å²) in [4.78, 5) is 0. The maximum Gasteiger partial charge on any atom is 0.0642 e. The monoisotopic (exact) mass is 286 g/mol. The zero-order chi connectivity index (χ0) is 12.1. The van der Waals surface area contributed by atoms with Crippen molar-refractivity contribution < 1.29 is 4.74 Å². The molecule has 0 saturated heterocycles. The molecule has 0 heterocycles. The summed E-state index contributed by atoms with van der Waals surface area (Å²) in [7, 11) is 0. The van der Waals surface area contributed by atoms with Gasteiger partial charge in [0.2, 0.25) is 0 Å². The van der Waals surface area contributed by atoms with Crippen molar-refractivity contribution in [3.63, 3.8) is 0 Å². The summed E-state index contributed by atoms with van der Waals surface area (Å²) in [6.07, 6.45) is 0.276. The smallest absolute Gasteiger partial charge is 0.0642 e. The SMILES string of the molecule is Cc1cc(NCCOC(C)C)c(Br)cc1N. The summed E-state index contributed by atoms with van der Waals surface area (Å²) in [5.74, 6) is 0. The van der Waals surface area contributed by atoms with E-state index in [2.05, 4.69) is 21.2 Å². The number of anilines is 2. The first kappa shape index (κ1) is 13.3. The average Bonchev–Trinajstić information content (AvgIpc) is 2.19. The molecule has 3 N–H and O–H groups in total. The molecule has 0 aromatic heterocycles. The summed E-state index contributed by atoms with van der Waals surface area (Å²) in [5, 5.41) is 3.31. The number of nitrogens with one attached hydrogen (secondary N) is 1. The van der Waals surface area contributed by atoms with E-state index in [1.807, 2.05) is 32.9 Å². The first-order chi connectivity index (χ1) is 7.50. The number of benzene rings is 1. The Morgan fingerprint density at radius 1 is 1.44 bits per heavy atom. The molecule has 1 aromatic carbocycles. The zero-order valence-corrected chi connectivity index (χ0v) is 11.6. The Balaban J connectivity index is 2.51. The fourth-order valence-electron chi connectivity index (χ4n) is 1.31. The second-order valence-corrected chi connectivity index (χ2v) is 4.89. The molecule has 0 saturated carbocycles. The third-order valence-electron chi connectivity index (χ3n) is 2.22. The third-order valence-corrected chi connectivity index (χ3v) is 2.88.